The predicted molar refractivity (Wildman–Crippen MR) is 227 cm³/mol. The molecule has 2 aliphatic heterocycles. The number of nitrogens with one attached hydrogen (secondary N) is 4. The molecule has 0 unspecified atom stereocenters. The number of thiazole rings is 1. The zero-order valence-corrected chi connectivity index (χ0v) is 36.8. The molecule has 1 aromatic carbocycles. The fourth-order valence-electron chi connectivity index (χ4n) is 7.52. The predicted octanol–water partition coefficient (Wildman–Crippen LogP) is 4.65. The minimum absolute atomic E-state index is 0.0175. The third kappa shape index (κ3) is 12.4. The van der Waals surface area contributed by atoms with Crippen LogP contribution < -0.4 is 25.4 Å². The molecule has 20 heteroatoms. The number of benzene rings is 1. The van der Waals surface area contributed by atoms with Gasteiger partial charge in [-0.1, -0.05) is 37.1 Å². The zero-order chi connectivity index (χ0) is 44.7. The van der Waals surface area contributed by atoms with E-state index in [2.05, 4.69) is 25.7 Å². The first-order chi connectivity index (χ1) is 29.4. The molecular weight excluding hydrogens is 845 g/mol. The standard InChI is InChI=1S/C42H56N6O12S2/c1-41(2,3)60-40(55)43-28-22-33-34(49)46-42(38(53)47-62(56,57)30-17-18-30)23-27(42)14-8-5-4-6-9-16-31(36(50)48(33)24-28)45-39(54)59-20-11-7-10-19-58-29-15-12-13-26(21-29)35-44-32(25-61-35)37(51)52/h8,12-15,21,25,27-28,30-31,33H,4-7,9-11,16-20,22-24H2,1-3H3,(H,43,55)(H,45,54)(H,46,49)(H,47,53)(H,51,52)/b14-8-/t27-,28-,31+,33+,42-/m1/s1. The van der Waals surface area contributed by atoms with Crippen molar-refractivity contribution in [2.75, 3.05) is 19.8 Å². The van der Waals surface area contributed by atoms with Crippen LogP contribution in [0.15, 0.2) is 41.8 Å². The van der Waals surface area contributed by atoms with Crippen molar-refractivity contribution in [1.29, 1.82) is 0 Å². The van der Waals surface area contributed by atoms with Crippen LogP contribution in [0.5, 0.6) is 5.75 Å². The number of hydrogen-bond acceptors (Lipinski definition) is 13. The largest absolute Gasteiger partial charge is 0.494 e. The van der Waals surface area contributed by atoms with Gasteiger partial charge in [0.1, 0.15) is 34.0 Å². The van der Waals surface area contributed by atoms with Crippen molar-refractivity contribution in [1.82, 2.24) is 30.6 Å². The number of ether oxygens (including phenoxy) is 3. The Morgan fingerprint density at radius 2 is 1.79 bits per heavy atom. The number of rotatable bonds is 14. The summed E-state index contributed by atoms with van der Waals surface area (Å²) in [5, 5.41) is 18.8. The van der Waals surface area contributed by atoms with Crippen LogP contribution in [0.1, 0.15) is 108 Å². The summed E-state index contributed by atoms with van der Waals surface area (Å²) < 4.78 is 44.5. The quantitative estimate of drug-likeness (QED) is 0.128. The van der Waals surface area contributed by atoms with Gasteiger partial charge in [-0.3, -0.25) is 19.1 Å². The normalized spacial score (nSPS) is 24.8. The number of hydrogen-bond donors (Lipinski definition) is 5. The van der Waals surface area contributed by atoms with E-state index in [-0.39, 0.29) is 38.1 Å². The minimum Gasteiger partial charge on any atom is -0.494 e. The number of carbonyl (C=O) groups is 6. The molecule has 5 N–H and O–H groups in total. The lowest BCUT2D eigenvalue weighted by atomic mass is 10.0. The molecular formula is C42H56N6O12S2. The molecule has 5 atom stereocenters. The molecule has 18 nitrogen and oxygen atoms in total. The lowest BCUT2D eigenvalue weighted by Gasteiger charge is -2.30. The van der Waals surface area contributed by atoms with Crippen molar-refractivity contribution in [2.45, 2.75) is 132 Å². The fourth-order valence-corrected chi connectivity index (χ4v) is 9.68. The molecule has 4 aliphatic rings. The number of nitrogens with zero attached hydrogens (tertiary/aromatic N) is 2. The average molecular weight is 901 g/mol. The van der Waals surface area contributed by atoms with Crippen LogP contribution in [0.3, 0.4) is 0 Å². The number of aromatic nitrogens is 1. The second-order valence-electron chi connectivity index (χ2n) is 17.2. The van der Waals surface area contributed by atoms with E-state index < -0.39 is 86.3 Å². The van der Waals surface area contributed by atoms with Gasteiger partial charge in [0, 0.05) is 23.4 Å². The first kappa shape index (κ1) is 46.3. The number of unbranched alkanes of at least 4 members (excludes halogenated alkanes) is 2. The number of sulfonamides is 1. The highest BCUT2D eigenvalue weighted by atomic mass is 32.2. The van der Waals surface area contributed by atoms with Gasteiger partial charge < -0.3 is 40.2 Å². The molecule has 2 saturated carbocycles. The molecule has 6 rings (SSSR count). The zero-order valence-electron chi connectivity index (χ0n) is 35.2. The summed E-state index contributed by atoms with van der Waals surface area (Å²) in [6.07, 6.45) is 8.01. The number of fused-ring (bicyclic) bond motifs is 2. The average Bonchev–Trinajstić information content (AvgIpc) is 4.08. The molecule has 3 heterocycles. The van der Waals surface area contributed by atoms with Crippen molar-refractivity contribution in [2.24, 2.45) is 5.92 Å². The lowest BCUT2D eigenvalue weighted by Crippen LogP contribution is -2.58. The summed E-state index contributed by atoms with van der Waals surface area (Å²) >= 11 is 1.23. The maximum absolute atomic E-state index is 14.4. The molecule has 338 valence electrons. The Hall–Kier alpha value is -5.24. The second-order valence-corrected chi connectivity index (χ2v) is 20.0. The summed E-state index contributed by atoms with van der Waals surface area (Å²) in [5.74, 6) is -3.04. The number of amides is 5. The highest BCUT2D eigenvalue weighted by molar-refractivity contribution is 7.91. The lowest BCUT2D eigenvalue weighted by molar-refractivity contribution is -0.141. The van der Waals surface area contributed by atoms with Crippen LogP contribution in [-0.2, 0) is 33.9 Å². The minimum atomic E-state index is -3.92. The van der Waals surface area contributed by atoms with Gasteiger partial charge in [0.25, 0.3) is 5.91 Å². The van der Waals surface area contributed by atoms with Gasteiger partial charge in [0.05, 0.1) is 24.5 Å². The first-order valence-electron chi connectivity index (χ1n) is 21.1. The first-order valence-corrected chi connectivity index (χ1v) is 23.6. The molecule has 0 radical (unpaired) electrons. The number of allylic oxidation sites excluding steroid dienone is 1. The topological polar surface area (TPSA) is 249 Å². The summed E-state index contributed by atoms with van der Waals surface area (Å²) in [5.41, 5.74) is -1.63. The van der Waals surface area contributed by atoms with Crippen molar-refractivity contribution < 1.29 is 56.5 Å². The maximum atomic E-state index is 14.4. The number of alkyl carbamates (subject to hydrolysis) is 2. The monoisotopic (exact) mass is 900 g/mol. The van der Waals surface area contributed by atoms with Crippen LogP contribution in [0, 0.1) is 5.92 Å². The fraction of sp³-hybridized carbons (Fsp3) is 0.595. The molecule has 1 saturated heterocycles. The Morgan fingerprint density at radius 1 is 1.02 bits per heavy atom. The van der Waals surface area contributed by atoms with E-state index in [0.29, 0.717) is 68.7 Å². The number of carboxylic acid groups (broad SMARTS) is 1. The summed E-state index contributed by atoms with van der Waals surface area (Å²) in [7, 11) is -3.92. The maximum Gasteiger partial charge on any atom is 0.407 e. The Labute approximate surface area is 365 Å². The van der Waals surface area contributed by atoms with Gasteiger partial charge >= 0.3 is 18.2 Å². The Balaban J connectivity index is 1.06. The van der Waals surface area contributed by atoms with Crippen molar-refractivity contribution in [3.05, 3.63) is 47.5 Å². The molecule has 0 spiro atoms. The molecule has 5 amide bonds. The molecule has 1 aromatic heterocycles. The van der Waals surface area contributed by atoms with Crippen molar-refractivity contribution in [3.63, 3.8) is 0 Å². The van der Waals surface area contributed by atoms with Gasteiger partial charge in [0.2, 0.25) is 21.8 Å². The van der Waals surface area contributed by atoms with Crippen LogP contribution in [0.25, 0.3) is 10.6 Å². The summed E-state index contributed by atoms with van der Waals surface area (Å²) in [6.45, 7) is 5.48. The van der Waals surface area contributed by atoms with Gasteiger partial charge in [0.15, 0.2) is 5.69 Å². The smallest absolute Gasteiger partial charge is 0.407 e. The van der Waals surface area contributed by atoms with E-state index >= 15 is 0 Å². The molecule has 62 heavy (non-hydrogen) atoms. The third-order valence-electron chi connectivity index (χ3n) is 11.0. The van der Waals surface area contributed by atoms with E-state index in [1.807, 2.05) is 18.2 Å². The van der Waals surface area contributed by atoms with Gasteiger partial charge in [-0.05, 0) is 97.1 Å². The van der Waals surface area contributed by atoms with Crippen molar-refractivity contribution in [3.8, 4) is 16.3 Å². The Morgan fingerprint density at radius 3 is 2.52 bits per heavy atom. The third-order valence-corrected chi connectivity index (χ3v) is 13.7. The molecule has 2 aliphatic carbocycles. The Bertz CT molecular complexity index is 2130. The highest BCUT2D eigenvalue weighted by Gasteiger charge is 2.62. The van der Waals surface area contributed by atoms with Gasteiger partial charge in [-0.25, -0.2) is 27.8 Å². The number of carbonyl (C=O) groups excluding carboxylic acids is 5. The van der Waals surface area contributed by atoms with Crippen molar-refractivity contribution >= 4 is 57.2 Å². The summed E-state index contributed by atoms with van der Waals surface area (Å²) in [4.78, 5) is 84.8. The molecule has 2 aromatic rings. The molecule has 3 fully saturated rings. The Kier molecular flexibility index (Phi) is 14.8. The van der Waals surface area contributed by atoms with E-state index in [0.717, 1.165) is 12.0 Å². The van der Waals surface area contributed by atoms with Crippen LogP contribution in [-0.4, -0.2) is 114 Å². The van der Waals surface area contributed by atoms with Gasteiger partial charge in [-0.2, -0.15) is 0 Å². The van der Waals surface area contributed by atoms with Gasteiger partial charge in [-0.15, -0.1) is 11.3 Å². The summed E-state index contributed by atoms with van der Waals surface area (Å²) in [6, 6.07) is 4.25. The number of carboxylic acids is 1. The second kappa shape index (κ2) is 19.9. The van der Waals surface area contributed by atoms with Crippen LogP contribution in [0.4, 0.5) is 9.59 Å². The van der Waals surface area contributed by atoms with Crippen LogP contribution in [0.2, 0.25) is 0 Å². The number of aromatic carboxylic acids is 1. The highest BCUT2D eigenvalue weighted by Crippen LogP contribution is 2.46. The van der Waals surface area contributed by atoms with E-state index in [1.54, 1.807) is 39.0 Å². The SMILES string of the molecule is CC(C)(C)OC(=O)N[C@@H]1C[C@H]2C(=O)N[C@]3(C(=O)NS(=O)(=O)C4CC4)C[C@H]3/C=C\CCCCC[C@H](NC(=O)OCCCCCOc3cccc(-c4nc(C(=O)O)cs4)c3)C(=O)N2C1. The van der Waals surface area contributed by atoms with Crippen LogP contribution >= 0.6 is 11.3 Å². The van der Waals surface area contributed by atoms with E-state index in [4.69, 9.17) is 14.2 Å². The molecule has 0 bridgehead atoms. The van der Waals surface area contributed by atoms with E-state index in [9.17, 15) is 42.3 Å². The van der Waals surface area contributed by atoms with E-state index in [1.165, 1.54) is 21.6 Å².